The van der Waals surface area contributed by atoms with Gasteiger partial charge in [0.1, 0.15) is 17.3 Å². The Kier molecular flexibility index (Phi) is 11.3. The third kappa shape index (κ3) is 7.24. The van der Waals surface area contributed by atoms with Crippen molar-refractivity contribution in [3.63, 3.8) is 0 Å². The van der Waals surface area contributed by atoms with Crippen LogP contribution in [0.25, 0.3) is 10.9 Å². The van der Waals surface area contributed by atoms with E-state index in [2.05, 4.69) is 18.8 Å². The number of hydrogen-bond acceptors (Lipinski definition) is 4. The summed E-state index contributed by atoms with van der Waals surface area (Å²) in [6.07, 6.45) is 2.80. The van der Waals surface area contributed by atoms with Crippen molar-refractivity contribution in [2.45, 2.75) is 72.9 Å². The molecule has 0 aliphatic carbocycles. The molecule has 0 aliphatic heterocycles. The van der Waals surface area contributed by atoms with Crippen molar-refractivity contribution in [1.29, 1.82) is 0 Å². The molecule has 0 radical (unpaired) electrons. The van der Waals surface area contributed by atoms with Crippen LogP contribution in [0.4, 0.5) is 4.39 Å². The number of pyridine rings is 1. The standard InChI is InChI=1S/C21H29FN2O3.C3H8/c1-6-15(4)24(14(2)3)21(25)19-13-20(27-11-7-10-26-5)17-12-16(22)8-9-18(17)23-19;1-3-2/h8-9,12-15H,6-7,10-11H2,1-5H3;3H2,1-2H3/t15-;/m1./s1. The molecule has 1 amide bonds. The second kappa shape index (κ2) is 13.2. The topological polar surface area (TPSA) is 51.7 Å². The minimum absolute atomic E-state index is 0.0456. The summed E-state index contributed by atoms with van der Waals surface area (Å²) < 4.78 is 24.6. The number of amides is 1. The van der Waals surface area contributed by atoms with Crippen LogP contribution in [0.2, 0.25) is 0 Å². The van der Waals surface area contributed by atoms with Gasteiger partial charge in [0.25, 0.3) is 5.91 Å². The van der Waals surface area contributed by atoms with Crippen LogP contribution in [-0.2, 0) is 4.74 Å². The van der Waals surface area contributed by atoms with Crippen LogP contribution in [0.3, 0.4) is 0 Å². The second-order valence-electron chi connectivity index (χ2n) is 7.63. The van der Waals surface area contributed by atoms with Crippen molar-refractivity contribution in [2.24, 2.45) is 0 Å². The third-order valence-corrected chi connectivity index (χ3v) is 4.56. The van der Waals surface area contributed by atoms with Crippen LogP contribution >= 0.6 is 0 Å². The maximum absolute atomic E-state index is 13.7. The van der Waals surface area contributed by atoms with Gasteiger partial charge in [-0.25, -0.2) is 9.37 Å². The van der Waals surface area contributed by atoms with Gasteiger partial charge in [-0.15, -0.1) is 0 Å². The summed E-state index contributed by atoms with van der Waals surface area (Å²) in [5, 5.41) is 0.559. The summed E-state index contributed by atoms with van der Waals surface area (Å²) in [6.45, 7) is 13.3. The lowest BCUT2D eigenvalue weighted by Gasteiger charge is -2.32. The van der Waals surface area contributed by atoms with Crippen LogP contribution in [0.1, 0.15) is 71.3 Å². The first kappa shape index (κ1) is 25.8. The number of rotatable bonds is 9. The number of methoxy groups -OCH3 is 1. The van der Waals surface area contributed by atoms with Gasteiger partial charge >= 0.3 is 0 Å². The molecule has 5 nitrogen and oxygen atoms in total. The van der Waals surface area contributed by atoms with Crippen LogP contribution < -0.4 is 4.74 Å². The van der Waals surface area contributed by atoms with Gasteiger partial charge < -0.3 is 14.4 Å². The third-order valence-electron chi connectivity index (χ3n) is 4.56. The lowest BCUT2D eigenvalue weighted by atomic mass is 10.1. The first-order valence-electron chi connectivity index (χ1n) is 10.8. The van der Waals surface area contributed by atoms with Gasteiger partial charge in [-0.05, 0) is 45.4 Å². The molecule has 0 aliphatic rings. The number of nitrogens with zero attached hydrogens (tertiary/aromatic N) is 2. The number of benzene rings is 1. The van der Waals surface area contributed by atoms with E-state index in [1.54, 1.807) is 19.2 Å². The molecule has 1 atom stereocenters. The van der Waals surface area contributed by atoms with Gasteiger partial charge in [-0.1, -0.05) is 27.2 Å². The van der Waals surface area contributed by atoms with Crippen molar-refractivity contribution in [3.05, 3.63) is 35.8 Å². The molecular weight excluding hydrogens is 383 g/mol. The van der Waals surface area contributed by atoms with Gasteiger partial charge in [-0.3, -0.25) is 4.79 Å². The summed E-state index contributed by atoms with van der Waals surface area (Å²) in [6, 6.07) is 6.06. The number of halogens is 1. The monoisotopic (exact) mass is 420 g/mol. The number of carbonyl (C=O) groups excluding carboxylic acids is 1. The maximum Gasteiger partial charge on any atom is 0.273 e. The molecule has 0 N–H and O–H groups in total. The van der Waals surface area contributed by atoms with E-state index in [0.29, 0.717) is 42.0 Å². The minimum Gasteiger partial charge on any atom is -0.493 e. The maximum atomic E-state index is 13.7. The van der Waals surface area contributed by atoms with E-state index in [9.17, 15) is 9.18 Å². The largest absolute Gasteiger partial charge is 0.493 e. The number of aromatic nitrogens is 1. The Morgan fingerprint density at radius 3 is 2.37 bits per heavy atom. The van der Waals surface area contributed by atoms with E-state index in [0.717, 1.165) is 6.42 Å². The fraction of sp³-hybridized carbons (Fsp3) is 0.583. The fourth-order valence-electron chi connectivity index (χ4n) is 3.05. The normalized spacial score (nSPS) is 11.8. The first-order chi connectivity index (χ1) is 14.3. The number of ether oxygens (including phenoxy) is 2. The average molecular weight is 421 g/mol. The molecule has 0 spiro atoms. The van der Waals surface area contributed by atoms with Gasteiger partial charge in [0.15, 0.2) is 0 Å². The SMILES string of the molecule is CCC.CC[C@@H](C)N(C(=O)c1cc(OCCCOC)c2cc(F)ccc2n1)C(C)C. The van der Waals surface area contributed by atoms with E-state index in [1.807, 2.05) is 32.6 Å². The quantitative estimate of drug-likeness (QED) is 0.477. The number of hydrogen-bond donors (Lipinski definition) is 0. The Morgan fingerprint density at radius 1 is 1.13 bits per heavy atom. The van der Waals surface area contributed by atoms with Crippen LogP contribution in [-0.4, -0.2) is 48.2 Å². The molecule has 2 rings (SSSR count). The van der Waals surface area contributed by atoms with E-state index in [1.165, 1.54) is 18.6 Å². The molecule has 2 aromatic rings. The van der Waals surface area contributed by atoms with Crippen LogP contribution in [0.5, 0.6) is 5.75 Å². The Balaban J connectivity index is 0.00000141. The van der Waals surface area contributed by atoms with Gasteiger partial charge in [0, 0.05) is 43.7 Å². The highest BCUT2D eigenvalue weighted by atomic mass is 19.1. The molecule has 168 valence electrons. The Bertz CT molecular complexity index is 795. The second-order valence-corrected chi connectivity index (χ2v) is 7.63. The molecule has 30 heavy (non-hydrogen) atoms. The molecule has 0 unspecified atom stereocenters. The lowest BCUT2D eigenvalue weighted by molar-refractivity contribution is 0.0615. The highest BCUT2D eigenvalue weighted by Gasteiger charge is 2.25. The van der Waals surface area contributed by atoms with E-state index < -0.39 is 0 Å². The first-order valence-corrected chi connectivity index (χ1v) is 10.8. The van der Waals surface area contributed by atoms with Crippen molar-refractivity contribution in [3.8, 4) is 5.75 Å². The summed E-state index contributed by atoms with van der Waals surface area (Å²) >= 11 is 0. The van der Waals surface area contributed by atoms with E-state index in [-0.39, 0.29) is 23.8 Å². The zero-order valence-corrected chi connectivity index (χ0v) is 19.5. The van der Waals surface area contributed by atoms with Crippen LogP contribution in [0, 0.1) is 5.82 Å². The van der Waals surface area contributed by atoms with Crippen LogP contribution in [0.15, 0.2) is 24.3 Å². The Morgan fingerprint density at radius 2 is 1.80 bits per heavy atom. The smallest absolute Gasteiger partial charge is 0.273 e. The number of fused-ring (bicyclic) bond motifs is 1. The molecule has 0 bridgehead atoms. The molecule has 0 saturated carbocycles. The van der Waals surface area contributed by atoms with Crippen molar-refractivity contribution in [1.82, 2.24) is 9.88 Å². The molecule has 0 fully saturated rings. The van der Waals surface area contributed by atoms with Crippen molar-refractivity contribution < 1.29 is 18.7 Å². The average Bonchev–Trinajstić information content (AvgIpc) is 2.71. The predicted octanol–water partition coefficient (Wildman–Crippen LogP) is 5.85. The van der Waals surface area contributed by atoms with E-state index in [4.69, 9.17) is 9.47 Å². The van der Waals surface area contributed by atoms with Gasteiger partial charge in [-0.2, -0.15) is 0 Å². The molecule has 0 saturated heterocycles. The predicted molar refractivity (Wildman–Crippen MR) is 121 cm³/mol. The Labute approximate surface area is 180 Å². The lowest BCUT2D eigenvalue weighted by Crippen LogP contribution is -2.43. The summed E-state index contributed by atoms with van der Waals surface area (Å²) in [5.41, 5.74) is 0.849. The molecule has 1 heterocycles. The molecular formula is C24H37FN2O3. The zero-order valence-electron chi connectivity index (χ0n) is 19.5. The molecule has 1 aromatic carbocycles. The molecule has 1 aromatic heterocycles. The van der Waals surface area contributed by atoms with Crippen molar-refractivity contribution in [2.75, 3.05) is 20.3 Å². The zero-order chi connectivity index (χ0) is 22.7. The minimum atomic E-state index is -0.367. The van der Waals surface area contributed by atoms with Gasteiger partial charge in [0.05, 0.1) is 12.1 Å². The van der Waals surface area contributed by atoms with Crippen molar-refractivity contribution >= 4 is 16.8 Å². The summed E-state index contributed by atoms with van der Waals surface area (Å²) in [5.74, 6) is -0.0485. The van der Waals surface area contributed by atoms with Gasteiger partial charge in [0.2, 0.25) is 0 Å². The highest BCUT2D eigenvalue weighted by Crippen LogP contribution is 2.28. The summed E-state index contributed by atoms with van der Waals surface area (Å²) in [7, 11) is 1.63. The highest BCUT2D eigenvalue weighted by molar-refractivity contribution is 5.97. The Hall–Kier alpha value is -2.21. The number of carbonyl (C=O) groups is 1. The van der Waals surface area contributed by atoms with E-state index >= 15 is 0 Å². The molecule has 6 heteroatoms. The summed E-state index contributed by atoms with van der Waals surface area (Å²) in [4.78, 5) is 19.4. The fourth-order valence-corrected chi connectivity index (χ4v) is 3.05.